The molecule has 2 aromatic rings. The second kappa shape index (κ2) is 9.42. The number of nitrogens with one attached hydrogen (secondary N) is 2. The highest BCUT2D eigenvalue weighted by atomic mass is 19.1. The number of carbonyl (C=O) groups excluding carboxylic acids is 2. The highest BCUT2D eigenvalue weighted by Crippen LogP contribution is 2.06. The molecule has 0 aliphatic carbocycles. The second-order valence-corrected chi connectivity index (χ2v) is 5.56. The summed E-state index contributed by atoms with van der Waals surface area (Å²) in [5, 5.41) is 5.12. The van der Waals surface area contributed by atoms with E-state index in [1.165, 1.54) is 6.07 Å². The van der Waals surface area contributed by atoms with Gasteiger partial charge in [-0.25, -0.2) is 9.18 Å². The van der Waals surface area contributed by atoms with E-state index in [2.05, 4.69) is 10.6 Å². The summed E-state index contributed by atoms with van der Waals surface area (Å²) in [7, 11) is 0. The van der Waals surface area contributed by atoms with Crippen LogP contribution in [0, 0.1) is 5.82 Å². The topological polar surface area (TPSA) is 67.4 Å². The van der Waals surface area contributed by atoms with E-state index in [1.54, 1.807) is 25.1 Å². The Balaban J connectivity index is 1.69. The average molecular weight is 344 g/mol. The summed E-state index contributed by atoms with van der Waals surface area (Å²) in [6.07, 6.45) is -0.288. The first-order chi connectivity index (χ1) is 12.1. The van der Waals surface area contributed by atoms with Gasteiger partial charge in [-0.05, 0) is 30.5 Å². The Labute approximate surface area is 146 Å². The minimum absolute atomic E-state index is 0.133. The SMILES string of the molecule is C[C@H](NC(=O)OCc1ccccc1)C(=O)NCCc1ccccc1F. The number of carbonyl (C=O) groups is 2. The van der Waals surface area contributed by atoms with Crippen LogP contribution in [-0.2, 0) is 22.6 Å². The minimum Gasteiger partial charge on any atom is -0.445 e. The molecule has 0 radical (unpaired) electrons. The molecule has 132 valence electrons. The molecular formula is C19H21FN2O3. The third kappa shape index (κ3) is 6.25. The van der Waals surface area contributed by atoms with E-state index < -0.39 is 12.1 Å². The van der Waals surface area contributed by atoms with Crippen LogP contribution in [-0.4, -0.2) is 24.6 Å². The van der Waals surface area contributed by atoms with Crippen molar-refractivity contribution >= 4 is 12.0 Å². The first kappa shape index (κ1) is 18.4. The molecule has 0 aliphatic heterocycles. The average Bonchev–Trinajstić information content (AvgIpc) is 2.62. The monoisotopic (exact) mass is 344 g/mol. The van der Waals surface area contributed by atoms with Gasteiger partial charge in [-0.2, -0.15) is 0 Å². The van der Waals surface area contributed by atoms with Crippen LogP contribution >= 0.6 is 0 Å². The molecule has 0 spiro atoms. The predicted molar refractivity (Wildman–Crippen MR) is 92.3 cm³/mol. The van der Waals surface area contributed by atoms with Crippen molar-refractivity contribution in [3.8, 4) is 0 Å². The van der Waals surface area contributed by atoms with E-state index in [4.69, 9.17) is 4.74 Å². The van der Waals surface area contributed by atoms with Crippen LogP contribution in [0.3, 0.4) is 0 Å². The smallest absolute Gasteiger partial charge is 0.408 e. The molecular weight excluding hydrogens is 323 g/mol. The molecule has 1 atom stereocenters. The third-order valence-corrected chi connectivity index (χ3v) is 3.59. The molecule has 2 amide bonds. The lowest BCUT2D eigenvalue weighted by atomic mass is 10.1. The molecule has 0 unspecified atom stereocenters. The number of hydrogen-bond donors (Lipinski definition) is 2. The van der Waals surface area contributed by atoms with Gasteiger partial charge in [-0.1, -0.05) is 48.5 Å². The molecule has 0 bridgehead atoms. The van der Waals surface area contributed by atoms with Gasteiger partial charge in [0.15, 0.2) is 0 Å². The maximum atomic E-state index is 13.5. The number of halogens is 1. The van der Waals surface area contributed by atoms with Gasteiger partial charge in [0, 0.05) is 6.54 Å². The van der Waals surface area contributed by atoms with Crippen LogP contribution < -0.4 is 10.6 Å². The van der Waals surface area contributed by atoms with Crippen LogP contribution in [0.1, 0.15) is 18.1 Å². The van der Waals surface area contributed by atoms with Crippen molar-refractivity contribution in [1.82, 2.24) is 10.6 Å². The molecule has 6 heteroatoms. The summed E-state index contributed by atoms with van der Waals surface area (Å²) in [5.74, 6) is -0.652. The molecule has 2 aromatic carbocycles. The van der Waals surface area contributed by atoms with Crippen LogP contribution in [0.5, 0.6) is 0 Å². The Morgan fingerprint density at radius 2 is 1.76 bits per heavy atom. The molecule has 0 fully saturated rings. The van der Waals surface area contributed by atoms with E-state index in [-0.39, 0.29) is 24.9 Å². The van der Waals surface area contributed by atoms with Gasteiger partial charge in [-0.15, -0.1) is 0 Å². The minimum atomic E-state index is -0.746. The maximum absolute atomic E-state index is 13.5. The molecule has 0 saturated carbocycles. The summed E-state index contributed by atoms with van der Waals surface area (Å²) in [6, 6.07) is 14.9. The van der Waals surface area contributed by atoms with Crippen molar-refractivity contribution in [3.05, 3.63) is 71.5 Å². The predicted octanol–water partition coefficient (Wildman–Crippen LogP) is 2.80. The highest BCUT2D eigenvalue weighted by molar-refractivity contribution is 5.85. The van der Waals surface area contributed by atoms with Crippen LogP contribution in [0.2, 0.25) is 0 Å². The molecule has 0 aromatic heterocycles. The largest absolute Gasteiger partial charge is 0.445 e. The van der Waals surface area contributed by atoms with Gasteiger partial charge in [-0.3, -0.25) is 4.79 Å². The Bertz CT molecular complexity index is 707. The van der Waals surface area contributed by atoms with E-state index in [0.717, 1.165) is 5.56 Å². The van der Waals surface area contributed by atoms with Crippen LogP contribution in [0.15, 0.2) is 54.6 Å². The molecule has 5 nitrogen and oxygen atoms in total. The number of hydrogen-bond acceptors (Lipinski definition) is 3. The van der Waals surface area contributed by atoms with Crippen LogP contribution in [0.4, 0.5) is 9.18 Å². The van der Waals surface area contributed by atoms with E-state index in [1.807, 2.05) is 30.3 Å². The van der Waals surface area contributed by atoms with Crippen LogP contribution in [0.25, 0.3) is 0 Å². The molecule has 0 aliphatic rings. The standard InChI is InChI=1S/C19H21FN2O3/c1-14(22-19(24)25-13-15-7-3-2-4-8-15)18(23)21-12-11-16-9-5-6-10-17(16)20/h2-10,14H,11-13H2,1H3,(H,21,23)(H,22,24)/t14-/m0/s1. The lowest BCUT2D eigenvalue weighted by Gasteiger charge is -2.14. The summed E-state index contributed by atoms with van der Waals surface area (Å²) >= 11 is 0. The number of ether oxygens (including phenoxy) is 1. The number of amides is 2. The van der Waals surface area contributed by atoms with Gasteiger partial charge in [0.2, 0.25) is 5.91 Å². The van der Waals surface area contributed by atoms with Crippen molar-refractivity contribution < 1.29 is 18.7 Å². The summed E-state index contributed by atoms with van der Waals surface area (Å²) in [6.45, 7) is 1.97. The lowest BCUT2D eigenvalue weighted by Crippen LogP contribution is -2.45. The molecule has 0 saturated heterocycles. The molecule has 25 heavy (non-hydrogen) atoms. The first-order valence-electron chi connectivity index (χ1n) is 8.04. The Morgan fingerprint density at radius 1 is 1.08 bits per heavy atom. The van der Waals surface area contributed by atoms with Gasteiger partial charge in [0.1, 0.15) is 18.5 Å². The molecule has 2 N–H and O–H groups in total. The lowest BCUT2D eigenvalue weighted by molar-refractivity contribution is -0.122. The van der Waals surface area contributed by atoms with E-state index in [0.29, 0.717) is 12.0 Å². The van der Waals surface area contributed by atoms with Crippen molar-refractivity contribution in [1.29, 1.82) is 0 Å². The normalized spacial score (nSPS) is 11.4. The molecule has 2 rings (SSSR count). The zero-order valence-corrected chi connectivity index (χ0v) is 14.0. The highest BCUT2D eigenvalue weighted by Gasteiger charge is 2.16. The summed E-state index contributed by atoms with van der Waals surface area (Å²) in [4.78, 5) is 23.7. The fourth-order valence-corrected chi connectivity index (χ4v) is 2.18. The number of alkyl carbamates (subject to hydrolysis) is 1. The quantitative estimate of drug-likeness (QED) is 0.812. The van der Waals surface area contributed by atoms with Gasteiger partial charge in [0.25, 0.3) is 0 Å². The van der Waals surface area contributed by atoms with E-state index >= 15 is 0 Å². The zero-order valence-electron chi connectivity index (χ0n) is 14.0. The summed E-state index contributed by atoms with van der Waals surface area (Å²) in [5.41, 5.74) is 1.39. The van der Waals surface area contributed by atoms with Crippen molar-refractivity contribution in [2.75, 3.05) is 6.54 Å². The van der Waals surface area contributed by atoms with Gasteiger partial charge in [0.05, 0.1) is 0 Å². The van der Waals surface area contributed by atoms with Gasteiger partial charge < -0.3 is 15.4 Å². The number of rotatable bonds is 7. The Kier molecular flexibility index (Phi) is 6.95. The third-order valence-electron chi connectivity index (χ3n) is 3.59. The van der Waals surface area contributed by atoms with E-state index in [9.17, 15) is 14.0 Å². The van der Waals surface area contributed by atoms with Crippen molar-refractivity contribution in [2.45, 2.75) is 26.0 Å². The Morgan fingerprint density at radius 3 is 2.48 bits per heavy atom. The summed E-state index contributed by atoms with van der Waals surface area (Å²) < 4.78 is 18.5. The fraction of sp³-hybridized carbons (Fsp3) is 0.263. The number of benzene rings is 2. The Hall–Kier alpha value is -2.89. The maximum Gasteiger partial charge on any atom is 0.408 e. The fourth-order valence-electron chi connectivity index (χ4n) is 2.18. The first-order valence-corrected chi connectivity index (χ1v) is 8.04. The zero-order chi connectivity index (χ0) is 18.1. The van der Waals surface area contributed by atoms with Crippen molar-refractivity contribution in [2.24, 2.45) is 0 Å². The van der Waals surface area contributed by atoms with Crippen molar-refractivity contribution in [3.63, 3.8) is 0 Å². The molecule has 0 heterocycles. The second-order valence-electron chi connectivity index (χ2n) is 5.56. The van der Waals surface area contributed by atoms with Gasteiger partial charge >= 0.3 is 6.09 Å².